The second-order valence-electron chi connectivity index (χ2n) is 5.32. The maximum Gasteiger partial charge on any atom is 0.253 e. The Bertz CT molecular complexity index is 428. The number of anilines is 1. The number of pyridine rings is 1. The van der Waals surface area contributed by atoms with Crippen LogP contribution in [-0.2, 0) is 0 Å². The minimum Gasteiger partial charge on any atom is -0.366 e. The van der Waals surface area contributed by atoms with Gasteiger partial charge < -0.3 is 4.90 Å². The third-order valence-electron chi connectivity index (χ3n) is 3.16. The first-order chi connectivity index (χ1) is 8.07. The minimum atomic E-state index is -1.64. The van der Waals surface area contributed by atoms with Crippen molar-refractivity contribution in [1.29, 1.82) is 0 Å². The van der Waals surface area contributed by atoms with Crippen LogP contribution in [0.15, 0.2) is 0 Å². The van der Waals surface area contributed by atoms with Crippen LogP contribution in [0.5, 0.6) is 0 Å². The summed E-state index contributed by atoms with van der Waals surface area (Å²) < 4.78 is 53.2. The molecule has 0 aliphatic rings. The average molecular weight is 264 g/mol. The first kappa shape index (κ1) is 14.7. The molecule has 0 aromatic carbocycles. The lowest BCUT2D eigenvalue weighted by Crippen LogP contribution is -2.40. The highest BCUT2D eigenvalue weighted by atomic mass is 19.2. The van der Waals surface area contributed by atoms with E-state index in [2.05, 4.69) is 4.98 Å². The largest absolute Gasteiger partial charge is 0.366 e. The minimum absolute atomic E-state index is 0.316. The van der Waals surface area contributed by atoms with Crippen molar-refractivity contribution in [1.82, 2.24) is 4.98 Å². The van der Waals surface area contributed by atoms with Gasteiger partial charge in [0.2, 0.25) is 11.6 Å². The average Bonchev–Trinajstić information content (AvgIpc) is 2.24. The van der Waals surface area contributed by atoms with E-state index in [0.717, 1.165) is 0 Å². The van der Waals surface area contributed by atoms with Gasteiger partial charge in [0.25, 0.3) is 11.9 Å². The highest BCUT2D eigenvalue weighted by Crippen LogP contribution is 2.31. The van der Waals surface area contributed by atoms with E-state index >= 15 is 0 Å². The summed E-state index contributed by atoms with van der Waals surface area (Å²) in [6, 6.07) is -0.331. The van der Waals surface area contributed by atoms with Gasteiger partial charge in [0.15, 0.2) is 0 Å². The standard InChI is InChI=1S/C12H16F4N2/c1-6(12(2,3)4)18(5)9-7(13)10(15)17-11(16)8(9)14/h6H,1-5H3. The topological polar surface area (TPSA) is 16.1 Å². The van der Waals surface area contributed by atoms with Crippen LogP contribution >= 0.6 is 0 Å². The van der Waals surface area contributed by atoms with E-state index in [1.165, 1.54) is 11.9 Å². The van der Waals surface area contributed by atoms with E-state index in [4.69, 9.17) is 0 Å². The van der Waals surface area contributed by atoms with Gasteiger partial charge in [-0.25, -0.2) is 0 Å². The van der Waals surface area contributed by atoms with Crippen molar-refractivity contribution in [2.75, 3.05) is 11.9 Å². The fourth-order valence-corrected chi connectivity index (χ4v) is 1.56. The number of aromatic nitrogens is 1. The van der Waals surface area contributed by atoms with Gasteiger partial charge in [-0.1, -0.05) is 20.8 Å². The quantitative estimate of drug-likeness (QED) is 0.600. The van der Waals surface area contributed by atoms with Crippen LogP contribution in [-0.4, -0.2) is 18.1 Å². The van der Waals surface area contributed by atoms with Gasteiger partial charge in [-0.3, -0.25) is 0 Å². The van der Waals surface area contributed by atoms with Crippen LogP contribution < -0.4 is 4.90 Å². The van der Waals surface area contributed by atoms with Crippen LogP contribution in [0.2, 0.25) is 0 Å². The molecule has 0 saturated heterocycles. The third kappa shape index (κ3) is 2.57. The monoisotopic (exact) mass is 264 g/mol. The third-order valence-corrected chi connectivity index (χ3v) is 3.16. The highest BCUT2D eigenvalue weighted by molar-refractivity contribution is 5.48. The SMILES string of the molecule is CC(N(C)c1c(F)c(F)nc(F)c1F)C(C)(C)C. The van der Waals surface area contributed by atoms with E-state index in [1.807, 2.05) is 20.8 Å². The van der Waals surface area contributed by atoms with Crippen molar-refractivity contribution in [3.63, 3.8) is 0 Å². The second kappa shape index (κ2) is 4.74. The molecule has 18 heavy (non-hydrogen) atoms. The van der Waals surface area contributed by atoms with Crippen LogP contribution in [0, 0.1) is 28.9 Å². The highest BCUT2D eigenvalue weighted by Gasteiger charge is 2.30. The van der Waals surface area contributed by atoms with E-state index in [0.29, 0.717) is 0 Å². The molecule has 102 valence electrons. The zero-order valence-electron chi connectivity index (χ0n) is 11.0. The lowest BCUT2D eigenvalue weighted by Gasteiger charge is -2.36. The predicted molar refractivity (Wildman–Crippen MR) is 61.4 cm³/mol. The molecule has 0 spiro atoms. The number of rotatable bonds is 2. The molecule has 1 unspecified atom stereocenters. The first-order valence-corrected chi connectivity index (χ1v) is 5.50. The van der Waals surface area contributed by atoms with E-state index in [1.54, 1.807) is 6.92 Å². The van der Waals surface area contributed by atoms with Gasteiger partial charge in [-0.2, -0.15) is 22.5 Å². The zero-order chi connectivity index (χ0) is 14.2. The predicted octanol–water partition coefficient (Wildman–Crippen LogP) is 3.51. The molecule has 0 aliphatic heterocycles. The van der Waals surface area contributed by atoms with Crippen molar-refractivity contribution in [2.45, 2.75) is 33.7 Å². The Balaban J connectivity index is 3.33. The normalized spacial score (nSPS) is 13.6. The van der Waals surface area contributed by atoms with Gasteiger partial charge in [-0.05, 0) is 12.3 Å². The number of hydrogen-bond donors (Lipinski definition) is 0. The number of nitrogens with zero attached hydrogens (tertiary/aromatic N) is 2. The molecule has 0 fully saturated rings. The Morgan fingerprint density at radius 1 is 1.00 bits per heavy atom. The van der Waals surface area contributed by atoms with Crippen molar-refractivity contribution in [3.05, 3.63) is 23.5 Å². The van der Waals surface area contributed by atoms with Gasteiger partial charge in [0.05, 0.1) is 0 Å². The molecule has 1 rings (SSSR count). The van der Waals surface area contributed by atoms with Crippen LogP contribution in [0.25, 0.3) is 0 Å². The van der Waals surface area contributed by atoms with Crippen molar-refractivity contribution in [3.8, 4) is 0 Å². The molecular formula is C12H16F4N2. The molecule has 1 atom stereocenters. The zero-order valence-corrected chi connectivity index (χ0v) is 11.0. The van der Waals surface area contributed by atoms with E-state index in [-0.39, 0.29) is 11.5 Å². The summed E-state index contributed by atoms with van der Waals surface area (Å²) in [5.74, 6) is -6.24. The molecule has 0 aliphatic carbocycles. The smallest absolute Gasteiger partial charge is 0.253 e. The summed E-state index contributed by atoms with van der Waals surface area (Å²) in [7, 11) is 1.39. The molecule has 2 nitrogen and oxygen atoms in total. The Labute approximate surface area is 104 Å². The molecule has 6 heteroatoms. The molecule has 1 heterocycles. The maximum absolute atomic E-state index is 13.6. The Kier molecular flexibility index (Phi) is 3.88. The van der Waals surface area contributed by atoms with Crippen molar-refractivity contribution in [2.24, 2.45) is 5.41 Å². The molecular weight excluding hydrogens is 248 g/mol. The van der Waals surface area contributed by atoms with Crippen LogP contribution in [0.4, 0.5) is 23.2 Å². The van der Waals surface area contributed by atoms with Gasteiger partial charge in [0.1, 0.15) is 5.69 Å². The maximum atomic E-state index is 13.6. The molecule has 1 aromatic heterocycles. The number of hydrogen-bond acceptors (Lipinski definition) is 2. The van der Waals surface area contributed by atoms with Crippen LogP contribution in [0.3, 0.4) is 0 Å². The van der Waals surface area contributed by atoms with Crippen molar-refractivity contribution < 1.29 is 17.6 Å². The van der Waals surface area contributed by atoms with E-state index < -0.39 is 29.2 Å². The fraction of sp³-hybridized carbons (Fsp3) is 0.583. The van der Waals surface area contributed by atoms with Crippen LogP contribution in [0.1, 0.15) is 27.7 Å². The summed E-state index contributed by atoms with van der Waals surface area (Å²) in [6.45, 7) is 7.29. The molecule has 0 N–H and O–H groups in total. The van der Waals surface area contributed by atoms with Gasteiger partial charge >= 0.3 is 0 Å². The summed E-state index contributed by atoms with van der Waals surface area (Å²) in [5.41, 5.74) is -1.05. The lowest BCUT2D eigenvalue weighted by molar-refractivity contribution is 0.321. The Morgan fingerprint density at radius 3 is 1.72 bits per heavy atom. The van der Waals surface area contributed by atoms with Crippen molar-refractivity contribution >= 4 is 5.69 Å². The lowest BCUT2D eigenvalue weighted by atomic mass is 9.87. The fourth-order valence-electron chi connectivity index (χ4n) is 1.56. The molecule has 0 saturated carbocycles. The van der Waals surface area contributed by atoms with Gasteiger partial charge in [-0.15, -0.1) is 0 Å². The summed E-state index contributed by atoms with van der Waals surface area (Å²) in [5, 5.41) is 0. The first-order valence-electron chi connectivity index (χ1n) is 5.50. The summed E-state index contributed by atoms with van der Waals surface area (Å²) in [6.07, 6.45) is 0. The second-order valence-corrected chi connectivity index (χ2v) is 5.32. The van der Waals surface area contributed by atoms with Gasteiger partial charge in [0, 0.05) is 13.1 Å². The summed E-state index contributed by atoms with van der Waals surface area (Å²) >= 11 is 0. The van der Waals surface area contributed by atoms with E-state index in [9.17, 15) is 17.6 Å². The molecule has 0 bridgehead atoms. The summed E-state index contributed by atoms with van der Waals surface area (Å²) in [4.78, 5) is 3.71. The Morgan fingerprint density at radius 2 is 1.39 bits per heavy atom. The molecule has 1 aromatic rings. The molecule has 0 amide bonds. The Hall–Kier alpha value is -1.33. The molecule has 0 radical (unpaired) electrons. The number of halogens is 4.